The number of nitrogens with zero attached hydrogens (tertiary/aromatic N) is 2. The molecule has 1 aromatic rings. The van der Waals surface area contributed by atoms with Gasteiger partial charge in [-0.2, -0.15) is 10.5 Å². The Morgan fingerprint density at radius 2 is 1.67 bits per heavy atom. The topological polar surface area (TPSA) is 86.3 Å². The molecule has 18 heavy (non-hydrogen) atoms. The molecule has 0 unspecified atom stereocenters. The Bertz CT molecular complexity index is 486. The number of ether oxygens (including phenoxy) is 2. The maximum absolute atomic E-state index is 8.76. The maximum Gasteiger partial charge on any atom is 0.124 e. The zero-order chi connectivity index (χ0) is 13.4. The first kappa shape index (κ1) is 13.8. The summed E-state index contributed by atoms with van der Waals surface area (Å²) >= 11 is 0. The van der Waals surface area contributed by atoms with Crippen molar-refractivity contribution in [3.05, 3.63) is 23.3 Å². The number of hydrogen-bond acceptors (Lipinski definition) is 5. The molecule has 5 heteroatoms. The highest BCUT2D eigenvalue weighted by molar-refractivity contribution is 5.48. The molecule has 0 saturated carbocycles. The van der Waals surface area contributed by atoms with Crippen LogP contribution < -0.4 is 9.47 Å². The molecule has 94 valence electrons. The van der Waals surface area contributed by atoms with Crippen LogP contribution in [0.5, 0.6) is 11.5 Å². The van der Waals surface area contributed by atoms with Crippen LogP contribution in [0, 0.1) is 22.7 Å². The van der Waals surface area contributed by atoms with Gasteiger partial charge in [0, 0.05) is 11.1 Å². The summed E-state index contributed by atoms with van der Waals surface area (Å²) in [5.41, 5.74) is 1.39. The molecular formula is C13H14N2O3. The van der Waals surface area contributed by atoms with Crippen molar-refractivity contribution in [2.24, 2.45) is 0 Å². The number of nitriles is 2. The molecule has 0 aliphatic carbocycles. The quantitative estimate of drug-likeness (QED) is 0.815. The average Bonchev–Trinajstić information content (AvgIpc) is 2.38. The van der Waals surface area contributed by atoms with E-state index in [9.17, 15) is 0 Å². The Balaban J connectivity index is 3.16. The highest BCUT2D eigenvalue weighted by atomic mass is 16.5. The fraction of sp³-hybridized carbons (Fsp3) is 0.385. The van der Waals surface area contributed by atoms with E-state index in [1.54, 1.807) is 12.1 Å². The van der Waals surface area contributed by atoms with E-state index in [-0.39, 0.29) is 26.1 Å². The Morgan fingerprint density at radius 1 is 1.11 bits per heavy atom. The van der Waals surface area contributed by atoms with Gasteiger partial charge in [-0.15, -0.1) is 0 Å². The van der Waals surface area contributed by atoms with E-state index in [1.165, 1.54) is 7.11 Å². The molecule has 0 amide bonds. The first-order valence-corrected chi connectivity index (χ1v) is 5.44. The van der Waals surface area contributed by atoms with Crippen LogP contribution in [0.1, 0.15) is 11.1 Å². The van der Waals surface area contributed by atoms with Crippen molar-refractivity contribution >= 4 is 0 Å². The minimum absolute atomic E-state index is 0.106. The van der Waals surface area contributed by atoms with Crippen LogP contribution in [0.15, 0.2) is 12.1 Å². The molecule has 0 fully saturated rings. The van der Waals surface area contributed by atoms with Crippen LogP contribution in [0.25, 0.3) is 0 Å². The monoisotopic (exact) mass is 246 g/mol. The predicted octanol–water partition coefficient (Wildman–Crippen LogP) is 1.20. The highest BCUT2D eigenvalue weighted by Gasteiger charge is 2.11. The number of rotatable bonds is 6. The van der Waals surface area contributed by atoms with Crippen molar-refractivity contribution in [3.63, 3.8) is 0 Å². The second kappa shape index (κ2) is 7.16. The number of aliphatic hydroxyl groups excluding tert-OH is 1. The molecule has 0 radical (unpaired) electrons. The first-order chi connectivity index (χ1) is 8.76. The second-order valence-corrected chi connectivity index (χ2v) is 3.51. The lowest BCUT2D eigenvalue weighted by atomic mass is 10.0. The Labute approximate surface area is 106 Å². The van der Waals surface area contributed by atoms with E-state index in [1.807, 2.05) is 12.1 Å². The van der Waals surface area contributed by atoms with E-state index in [0.29, 0.717) is 22.6 Å². The molecule has 0 heterocycles. The summed E-state index contributed by atoms with van der Waals surface area (Å²) in [6.07, 6.45) is 0.384. The Kier molecular flexibility index (Phi) is 5.50. The van der Waals surface area contributed by atoms with Crippen LogP contribution in [-0.4, -0.2) is 25.4 Å². The van der Waals surface area contributed by atoms with Crippen molar-refractivity contribution in [2.75, 3.05) is 20.3 Å². The van der Waals surface area contributed by atoms with Gasteiger partial charge in [0.05, 0.1) is 38.7 Å². The van der Waals surface area contributed by atoms with Gasteiger partial charge in [0.1, 0.15) is 18.1 Å². The largest absolute Gasteiger partial charge is 0.496 e. The number of aliphatic hydroxyl groups is 1. The third-order valence-corrected chi connectivity index (χ3v) is 2.35. The zero-order valence-corrected chi connectivity index (χ0v) is 10.1. The first-order valence-electron chi connectivity index (χ1n) is 5.44. The molecule has 1 rings (SSSR count). The molecule has 0 spiro atoms. The second-order valence-electron chi connectivity index (χ2n) is 3.51. The lowest BCUT2D eigenvalue weighted by Gasteiger charge is -2.13. The minimum atomic E-state index is -0.106. The Morgan fingerprint density at radius 3 is 2.17 bits per heavy atom. The van der Waals surface area contributed by atoms with Crippen molar-refractivity contribution in [1.82, 2.24) is 0 Å². The van der Waals surface area contributed by atoms with Gasteiger partial charge in [-0.1, -0.05) is 0 Å². The van der Waals surface area contributed by atoms with Gasteiger partial charge in [-0.05, 0) is 12.1 Å². The summed E-state index contributed by atoms with van der Waals surface area (Å²) in [5, 5.41) is 26.3. The van der Waals surface area contributed by atoms with Gasteiger partial charge in [0.25, 0.3) is 0 Å². The minimum Gasteiger partial charge on any atom is -0.496 e. The van der Waals surface area contributed by atoms with E-state index in [0.717, 1.165) is 0 Å². The van der Waals surface area contributed by atoms with Crippen molar-refractivity contribution in [1.29, 1.82) is 10.5 Å². The van der Waals surface area contributed by atoms with Gasteiger partial charge in [0.15, 0.2) is 0 Å². The average molecular weight is 246 g/mol. The SMILES string of the molecule is COc1cc(CC#N)c(OCCO)cc1CC#N. The lowest BCUT2D eigenvalue weighted by Crippen LogP contribution is -2.05. The molecule has 0 saturated heterocycles. The summed E-state index contributed by atoms with van der Waals surface area (Å²) in [4.78, 5) is 0. The smallest absolute Gasteiger partial charge is 0.124 e. The molecule has 0 atom stereocenters. The van der Waals surface area contributed by atoms with Crippen LogP contribution in [0.3, 0.4) is 0 Å². The molecule has 0 bridgehead atoms. The van der Waals surface area contributed by atoms with Crippen LogP contribution >= 0.6 is 0 Å². The van der Waals surface area contributed by atoms with Crippen LogP contribution in [-0.2, 0) is 12.8 Å². The lowest BCUT2D eigenvalue weighted by molar-refractivity contribution is 0.200. The standard InChI is InChI=1S/C13H14N2O3/c1-17-12-8-11(3-5-15)13(18-7-6-16)9-10(12)2-4-14/h8-9,16H,2-3,6-7H2,1H3. The molecule has 0 aliphatic heterocycles. The summed E-state index contributed by atoms with van der Waals surface area (Å²) < 4.78 is 10.5. The summed E-state index contributed by atoms with van der Waals surface area (Å²) in [7, 11) is 1.51. The van der Waals surface area contributed by atoms with Gasteiger partial charge < -0.3 is 14.6 Å². The normalized spacial score (nSPS) is 9.33. The van der Waals surface area contributed by atoms with Crippen molar-refractivity contribution < 1.29 is 14.6 Å². The predicted molar refractivity (Wildman–Crippen MR) is 64.2 cm³/mol. The van der Waals surface area contributed by atoms with Crippen LogP contribution in [0.4, 0.5) is 0 Å². The Hall–Kier alpha value is -2.24. The molecule has 1 N–H and O–H groups in total. The molecule has 0 aromatic heterocycles. The van der Waals surface area contributed by atoms with Crippen molar-refractivity contribution in [2.45, 2.75) is 12.8 Å². The van der Waals surface area contributed by atoms with E-state index in [2.05, 4.69) is 0 Å². The number of benzene rings is 1. The molecular weight excluding hydrogens is 232 g/mol. The van der Waals surface area contributed by atoms with E-state index >= 15 is 0 Å². The van der Waals surface area contributed by atoms with Gasteiger partial charge in [-0.3, -0.25) is 0 Å². The van der Waals surface area contributed by atoms with Gasteiger partial charge in [-0.25, -0.2) is 0 Å². The van der Waals surface area contributed by atoms with E-state index in [4.69, 9.17) is 25.1 Å². The molecule has 0 aliphatic rings. The van der Waals surface area contributed by atoms with Gasteiger partial charge >= 0.3 is 0 Å². The fourth-order valence-corrected chi connectivity index (χ4v) is 1.57. The maximum atomic E-state index is 8.76. The van der Waals surface area contributed by atoms with Crippen molar-refractivity contribution in [3.8, 4) is 23.6 Å². The molecule has 1 aromatic carbocycles. The molecule has 5 nitrogen and oxygen atoms in total. The number of hydrogen-bond donors (Lipinski definition) is 1. The third kappa shape index (κ3) is 3.38. The summed E-state index contributed by atoms with van der Waals surface area (Å²) in [5.74, 6) is 1.08. The van der Waals surface area contributed by atoms with Crippen LogP contribution in [0.2, 0.25) is 0 Å². The summed E-state index contributed by atoms with van der Waals surface area (Å²) in [6, 6.07) is 7.47. The third-order valence-electron chi connectivity index (χ3n) is 2.35. The highest BCUT2D eigenvalue weighted by Crippen LogP contribution is 2.29. The summed E-state index contributed by atoms with van der Waals surface area (Å²) in [6.45, 7) is 0.0440. The van der Waals surface area contributed by atoms with Gasteiger partial charge in [0.2, 0.25) is 0 Å². The number of methoxy groups -OCH3 is 1. The fourth-order valence-electron chi connectivity index (χ4n) is 1.57. The zero-order valence-electron chi connectivity index (χ0n) is 10.1. The van der Waals surface area contributed by atoms with E-state index < -0.39 is 0 Å².